The molecule has 1 aromatic heterocycles. The van der Waals surface area contributed by atoms with Crippen LogP contribution in [0.2, 0.25) is 0 Å². The molecule has 1 amide bonds. The van der Waals surface area contributed by atoms with Gasteiger partial charge in [0.15, 0.2) is 0 Å². The number of rotatable bonds is 9. The van der Waals surface area contributed by atoms with E-state index in [0.29, 0.717) is 6.42 Å². The van der Waals surface area contributed by atoms with E-state index in [1.54, 1.807) is 0 Å². The van der Waals surface area contributed by atoms with E-state index in [-0.39, 0.29) is 11.6 Å². The molecule has 146 valence electrons. The summed E-state index contributed by atoms with van der Waals surface area (Å²) in [5, 5.41) is 2.89. The number of benzene rings is 1. The average Bonchev–Trinajstić information content (AvgIpc) is 3.19. The highest BCUT2D eigenvalue weighted by Crippen LogP contribution is 2.61. The van der Waals surface area contributed by atoms with Gasteiger partial charge in [0.25, 0.3) is 0 Å². The van der Waals surface area contributed by atoms with Crippen LogP contribution in [0.15, 0.2) is 24.4 Å². The number of amides is 1. The Bertz CT molecular complexity index is 849. The van der Waals surface area contributed by atoms with Crippen LogP contribution in [0, 0.1) is 6.92 Å². The van der Waals surface area contributed by atoms with Crippen LogP contribution in [-0.4, -0.2) is 28.2 Å². The second-order valence-corrected chi connectivity index (χ2v) is 11.0. The predicted octanol–water partition coefficient (Wildman–Crippen LogP) is 5.07. The van der Waals surface area contributed by atoms with E-state index in [0.717, 1.165) is 66.3 Å². The van der Waals surface area contributed by atoms with Crippen molar-refractivity contribution in [2.24, 2.45) is 0 Å². The second-order valence-electron chi connectivity index (χ2n) is 7.58. The minimum atomic E-state index is -2.37. The van der Waals surface area contributed by atoms with Crippen molar-refractivity contribution in [1.82, 2.24) is 9.97 Å². The molecule has 0 bridgehead atoms. The number of aromatic amines is 1. The minimum Gasteiger partial charge on any atom is -0.348 e. The Labute approximate surface area is 161 Å². The molecule has 1 aliphatic heterocycles. The highest BCUT2D eigenvalue weighted by atomic mass is 31.2. The lowest BCUT2D eigenvalue weighted by molar-refractivity contribution is -0.115. The number of fused-ring (bicyclic) bond motifs is 1. The maximum absolute atomic E-state index is 14.0. The van der Waals surface area contributed by atoms with Crippen molar-refractivity contribution in [3.05, 3.63) is 47.0 Å². The van der Waals surface area contributed by atoms with E-state index >= 15 is 0 Å². The lowest BCUT2D eigenvalue weighted by atomic mass is 10.0. The summed E-state index contributed by atoms with van der Waals surface area (Å²) >= 11 is 0. The van der Waals surface area contributed by atoms with E-state index in [2.05, 4.69) is 41.3 Å². The number of aromatic nitrogens is 2. The average molecular weight is 387 g/mol. The van der Waals surface area contributed by atoms with E-state index in [4.69, 9.17) is 0 Å². The van der Waals surface area contributed by atoms with Gasteiger partial charge in [0.2, 0.25) is 5.91 Å². The van der Waals surface area contributed by atoms with Gasteiger partial charge < -0.3 is 14.9 Å². The molecule has 0 saturated carbocycles. The Morgan fingerprint density at radius 1 is 1.22 bits per heavy atom. The minimum absolute atomic E-state index is 0.0174. The third-order valence-corrected chi connectivity index (χ3v) is 9.43. The molecule has 6 heteroatoms. The van der Waals surface area contributed by atoms with Crippen molar-refractivity contribution >= 4 is 18.7 Å². The highest BCUT2D eigenvalue weighted by Gasteiger charge is 2.33. The van der Waals surface area contributed by atoms with Gasteiger partial charge >= 0.3 is 0 Å². The third kappa shape index (κ3) is 4.52. The van der Waals surface area contributed by atoms with Crippen molar-refractivity contribution in [3.8, 4) is 0 Å². The second kappa shape index (κ2) is 8.43. The molecule has 2 aromatic rings. The summed E-state index contributed by atoms with van der Waals surface area (Å²) in [6.45, 7) is 6.20. The molecule has 2 N–H and O–H groups in total. The van der Waals surface area contributed by atoms with Crippen LogP contribution in [0.1, 0.15) is 61.4 Å². The molecule has 1 unspecified atom stereocenters. The largest absolute Gasteiger partial charge is 0.348 e. The lowest BCUT2D eigenvalue weighted by Gasteiger charge is -2.28. The smallest absolute Gasteiger partial charge is 0.228 e. The summed E-state index contributed by atoms with van der Waals surface area (Å²) < 4.78 is 14.0. The van der Waals surface area contributed by atoms with Gasteiger partial charge in [0.05, 0.1) is 19.3 Å². The molecule has 0 aliphatic carbocycles. The van der Waals surface area contributed by atoms with Crippen molar-refractivity contribution in [1.29, 1.82) is 0 Å². The molecule has 5 nitrogen and oxygen atoms in total. The molecule has 0 fully saturated rings. The van der Waals surface area contributed by atoms with Gasteiger partial charge in [-0.1, -0.05) is 26.0 Å². The quantitative estimate of drug-likeness (QED) is 0.590. The van der Waals surface area contributed by atoms with Crippen LogP contribution in [-0.2, 0) is 22.2 Å². The Balaban J connectivity index is 1.92. The molecule has 1 atom stereocenters. The molecule has 1 aliphatic rings. The van der Waals surface area contributed by atoms with Gasteiger partial charge in [-0.2, -0.15) is 0 Å². The number of imidazole rings is 1. The topological polar surface area (TPSA) is 74.8 Å². The van der Waals surface area contributed by atoms with Crippen LogP contribution in [0.3, 0.4) is 0 Å². The van der Waals surface area contributed by atoms with E-state index in [1.807, 2.05) is 19.2 Å². The third-order valence-electron chi connectivity index (χ3n) is 5.32. The molecule has 0 spiro atoms. The van der Waals surface area contributed by atoms with Gasteiger partial charge in [0, 0.05) is 36.3 Å². The maximum atomic E-state index is 14.0. The number of anilines is 1. The molecular formula is C21H30N3O2P. The van der Waals surface area contributed by atoms with Gasteiger partial charge in [-0.25, -0.2) is 4.98 Å². The van der Waals surface area contributed by atoms with E-state index < -0.39 is 7.14 Å². The highest BCUT2D eigenvalue weighted by molar-refractivity contribution is 7.64. The lowest BCUT2D eigenvalue weighted by Crippen LogP contribution is -2.09. The number of nitrogens with one attached hydrogen (secondary N) is 2. The summed E-state index contributed by atoms with van der Waals surface area (Å²) in [6.07, 6.45) is 7.33. The molecular weight excluding hydrogens is 357 g/mol. The first-order valence-electron chi connectivity index (χ1n) is 9.96. The molecule has 0 saturated heterocycles. The number of nitrogens with zero attached hydrogens (tertiary/aromatic N) is 1. The fourth-order valence-electron chi connectivity index (χ4n) is 4.18. The van der Waals surface area contributed by atoms with Crippen LogP contribution < -0.4 is 5.32 Å². The summed E-state index contributed by atoms with van der Waals surface area (Å²) in [5.74, 6) is 0.991. The number of H-pyrrole nitrogens is 1. The molecule has 27 heavy (non-hydrogen) atoms. The standard InChI is InChI=1S/C21H30N3O2P/c1-4-10-27(26,11-5-2)19(8-9-20-22-14-15(3)23-20)16-6-7-18-17(12-16)13-21(25)24-18/h6-7,12,14,19H,4-5,8-11,13H2,1-3H3,(H,22,23)(H,24,25). The first-order chi connectivity index (χ1) is 12.9. The maximum Gasteiger partial charge on any atom is 0.228 e. The predicted molar refractivity (Wildman–Crippen MR) is 111 cm³/mol. The zero-order valence-electron chi connectivity index (χ0n) is 16.5. The number of hydrogen-bond acceptors (Lipinski definition) is 3. The Hall–Kier alpha value is -1.87. The Morgan fingerprint density at radius 2 is 1.96 bits per heavy atom. The van der Waals surface area contributed by atoms with Gasteiger partial charge in [0.1, 0.15) is 5.82 Å². The summed E-state index contributed by atoms with van der Waals surface area (Å²) in [6, 6.07) is 6.13. The number of hydrogen-bond donors (Lipinski definition) is 2. The Morgan fingerprint density at radius 3 is 2.59 bits per heavy atom. The van der Waals surface area contributed by atoms with Crippen LogP contribution >= 0.6 is 7.14 Å². The SMILES string of the molecule is CCCP(=O)(CCC)C(CCc1nc(C)c[nH]1)c1ccc2c(c1)CC(=O)N2. The van der Waals surface area contributed by atoms with Crippen LogP contribution in [0.4, 0.5) is 5.69 Å². The first kappa shape index (κ1) is 19.9. The molecule has 2 heterocycles. The fourth-order valence-corrected chi connectivity index (χ4v) is 7.84. The van der Waals surface area contributed by atoms with E-state index in [9.17, 15) is 9.36 Å². The summed E-state index contributed by atoms with van der Waals surface area (Å²) in [5.41, 5.74) is 4.03. The summed E-state index contributed by atoms with van der Waals surface area (Å²) in [7, 11) is -2.37. The van der Waals surface area contributed by atoms with E-state index in [1.165, 1.54) is 0 Å². The fraction of sp³-hybridized carbons (Fsp3) is 0.524. The van der Waals surface area contributed by atoms with Crippen molar-refractivity contribution in [2.45, 2.75) is 58.5 Å². The normalized spacial score (nSPS) is 14.9. The van der Waals surface area contributed by atoms with Crippen LogP contribution in [0.25, 0.3) is 0 Å². The van der Waals surface area contributed by atoms with Crippen molar-refractivity contribution < 1.29 is 9.36 Å². The van der Waals surface area contributed by atoms with Crippen molar-refractivity contribution in [3.63, 3.8) is 0 Å². The molecule has 1 aromatic carbocycles. The van der Waals surface area contributed by atoms with Crippen LogP contribution in [0.5, 0.6) is 0 Å². The summed E-state index contributed by atoms with van der Waals surface area (Å²) in [4.78, 5) is 19.5. The zero-order chi connectivity index (χ0) is 19.4. The monoisotopic (exact) mass is 387 g/mol. The molecule has 3 rings (SSSR count). The van der Waals surface area contributed by atoms with Crippen molar-refractivity contribution in [2.75, 3.05) is 17.6 Å². The number of aryl methyl sites for hydroxylation is 2. The van der Waals surface area contributed by atoms with Gasteiger partial charge in [-0.3, -0.25) is 4.79 Å². The number of carbonyl (C=O) groups excluding carboxylic acids is 1. The number of carbonyl (C=O) groups is 1. The molecule has 0 radical (unpaired) electrons. The van der Waals surface area contributed by atoms with Gasteiger partial charge in [-0.05, 0) is 43.4 Å². The van der Waals surface area contributed by atoms with Gasteiger partial charge in [-0.15, -0.1) is 0 Å². The first-order valence-corrected chi connectivity index (χ1v) is 12.1. The Kier molecular flexibility index (Phi) is 6.21. The zero-order valence-corrected chi connectivity index (χ0v) is 17.4.